The predicted molar refractivity (Wildman–Crippen MR) is 81.4 cm³/mol. The van der Waals surface area contributed by atoms with Crippen LogP contribution in [0.15, 0.2) is 11.6 Å². The average molecular weight is 310 g/mol. The third kappa shape index (κ3) is 1.94. The molecule has 0 aromatic carbocycles. The van der Waals surface area contributed by atoms with Gasteiger partial charge < -0.3 is 4.57 Å². The summed E-state index contributed by atoms with van der Waals surface area (Å²) in [7, 11) is 1.94. The van der Waals surface area contributed by atoms with Crippen LogP contribution in [0, 0.1) is 6.92 Å². The third-order valence-electron chi connectivity index (χ3n) is 3.41. The molecule has 0 aliphatic rings. The fourth-order valence-corrected chi connectivity index (χ4v) is 3.37. The van der Waals surface area contributed by atoms with Crippen LogP contribution in [0.2, 0.25) is 0 Å². The lowest BCUT2D eigenvalue weighted by molar-refractivity contribution is 0.592. The van der Waals surface area contributed by atoms with Gasteiger partial charge in [0.1, 0.15) is 16.3 Å². The third-order valence-corrected chi connectivity index (χ3v) is 4.56. The van der Waals surface area contributed by atoms with Crippen molar-refractivity contribution in [1.82, 2.24) is 24.3 Å². The minimum Gasteiger partial charge on any atom is -0.302 e. The second kappa shape index (κ2) is 4.86. The first-order valence-corrected chi connectivity index (χ1v) is 7.77. The molecule has 0 saturated heterocycles. The van der Waals surface area contributed by atoms with Gasteiger partial charge in [-0.3, -0.25) is 4.68 Å². The number of fused-ring (bicyclic) bond motifs is 1. The number of aryl methyl sites for hydroxylation is 2. The Morgan fingerprint density at radius 3 is 2.70 bits per heavy atom. The SMILES string of the molecule is Cc1nn(C)c2c1nc(C(C)Cl)n2C(C)c1nccs1. The van der Waals surface area contributed by atoms with E-state index in [0.717, 1.165) is 27.7 Å². The van der Waals surface area contributed by atoms with Gasteiger partial charge in [0, 0.05) is 18.6 Å². The largest absolute Gasteiger partial charge is 0.302 e. The van der Waals surface area contributed by atoms with Crippen molar-refractivity contribution >= 4 is 34.1 Å². The van der Waals surface area contributed by atoms with Crippen molar-refractivity contribution in [3.05, 3.63) is 28.1 Å². The lowest BCUT2D eigenvalue weighted by atomic mass is 10.3. The molecule has 0 N–H and O–H groups in total. The van der Waals surface area contributed by atoms with Crippen LogP contribution in [0.5, 0.6) is 0 Å². The van der Waals surface area contributed by atoms with Gasteiger partial charge in [-0.15, -0.1) is 22.9 Å². The van der Waals surface area contributed by atoms with Crippen molar-refractivity contribution < 1.29 is 0 Å². The summed E-state index contributed by atoms with van der Waals surface area (Å²) in [5.74, 6) is 0.862. The van der Waals surface area contributed by atoms with E-state index in [1.54, 1.807) is 11.3 Å². The Balaban J connectivity index is 2.28. The maximum Gasteiger partial charge on any atom is 0.159 e. The molecular weight excluding hydrogens is 294 g/mol. The molecule has 0 bridgehead atoms. The second-order valence-corrected chi connectivity index (χ2v) is 6.46. The van der Waals surface area contributed by atoms with E-state index in [1.807, 2.05) is 37.2 Å². The highest BCUT2D eigenvalue weighted by Crippen LogP contribution is 2.32. The zero-order valence-electron chi connectivity index (χ0n) is 11.8. The first-order valence-electron chi connectivity index (χ1n) is 6.45. The molecule has 0 aliphatic carbocycles. The Morgan fingerprint density at radius 1 is 1.35 bits per heavy atom. The predicted octanol–water partition coefficient (Wildman–Crippen LogP) is 3.44. The molecule has 20 heavy (non-hydrogen) atoms. The minimum atomic E-state index is -0.163. The van der Waals surface area contributed by atoms with Gasteiger partial charge in [0.2, 0.25) is 0 Å². The van der Waals surface area contributed by atoms with E-state index in [-0.39, 0.29) is 11.4 Å². The molecule has 3 rings (SSSR count). The van der Waals surface area contributed by atoms with Crippen molar-refractivity contribution in [3.63, 3.8) is 0 Å². The summed E-state index contributed by atoms with van der Waals surface area (Å²) in [6, 6.07) is 0.0889. The van der Waals surface area contributed by atoms with Crippen LogP contribution >= 0.6 is 22.9 Å². The quantitative estimate of drug-likeness (QED) is 0.696. The van der Waals surface area contributed by atoms with Crippen LogP contribution in [0.3, 0.4) is 0 Å². The summed E-state index contributed by atoms with van der Waals surface area (Å²) in [6.45, 7) is 6.03. The van der Waals surface area contributed by atoms with Gasteiger partial charge >= 0.3 is 0 Å². The molecule has 0 radical (unpaired) electrons. The summed E-state index contributed by atoms with van der Waals surface area (Å²) < 4.78 is 4.01. The lowest BCUT2D eigenvalue weighted by Gasteiger charge is -2.16. The summed E-state index contributed by atoms with van der Waals surface area (Å²) in [5.41, 5.74) is 2.83. The van der Waals surface area contributed by atoms with Crippen LogP contribution in [0.4, 0.5) is 0 Å². The fraction of sp³-hybridized carbons (Fsp3) is 0.462. The monoisotopic (exact) mass is 309 g/mol. The Bertz CT molecular complexity index is 741. The van der Waals surface area contributed by atoms with Crippen molar-refractivity contribution in [2.45, 2.75) is 32.2 Å². The molecule has 0 saturated carbocycles. The smallest absolute Gasteiger partial charge is 0.159 e. The molecule has 2 atom stereocenters. The molecule has 5 nitrogen and oxygen atoms in total. The first kappa shape index (κ1) is 13.6. The highest BCUT2D eigenvalue weighted by Gasteiger charge is 2.25. The number of hydrogen-bond donors (Lipinski definition) is 0. The van der Waals surface area contributed by atoms with E-state index >= 15 is 0 Å². The molecule has 7 heteroatoms. The molecule has 3 aromatic heterocycles. The normalized spacial score (nSPS) is 14.8. The van der Waals surface area contributed by atoms with Crippen LogP contribution in [0.1, 0.15) is 41.8 Å². The molecule has 0 spiro atoms. The van der Waals surface area contributed by atoms with Gasteiger partial charge in [-0.2, -0.15) is 5.10 Å². The van der Waals surface area contributed by atoms with Gasteiger partial charge in [-0.1, -0.05) is 0 Å². The summed E-state index contributed by atoms with van der Waals surface area (Å²) in [6.07, 6.45) is 1.82. The summed E-state index contributed by atoms with van der Waals surface area (Å²) in [5, 5.41) is 7.31. The van der Waals surface area contributed by atoms with Gasteiger partial charge in [-0.05, 0) is 20.8 Å². The number of halogens is 1. The molecule has 3 aromatic rings. The van der Waals surface area contributed by atoms with Gasteiger partial charge in [0.05, 0.1) is 17.1 Å². The highest BCUT2D eigenvalue weighted by atomic mass is 35.5. The maximum absolute atomic E-state index is 6.32. The number of thiazole rings is 1. The van der Waals surface area contributed by atoms with E-state index in [2.05, 4.69) is 26.6 Å². The van der Waals surface area contributed by atoms with Crippen molar-refractivity contribution in [1.29, 1.82) is 0 Å². The van der Waals surface area contributed by atoms with E-state index in [0.29, 0.717) is 0 Å². The zero-order chi connectivity index (χ0) is 14.4. The fourth-order valence-electron chi connectivity index (χ4n) is 2.53. The Morgan fingerprint density at radius 2 is 2.10 bits per heavy atom. The number of hydrogen-bond acceptors (Lipinski definition) is 4. The topological polar surface area (TPSA) is 48.5 Å². The summed E-state index contributed by atoms with van der Waals surface area (Å²) >= 11 is 7.96. The number of imidazole rings is 1. The number of aromatic nitrogens is 5. The molecule has 0 aliphatic heterocycles. The molecule has 0 amide bonds. The average Bonchev–Trinajstić information content (AvgIpc) is 3.08. The molecule has 2 unspecified atom stereocenters. The Labute approximate surface area is 126 Å². The molecular formula is C13H16ClN5S. The standard InChI is InChI=1S/C13H16ClN5S/c1-7(14)11-16-10-8(2)17-18(4)13(10)19(11)9(3)12-15-5-6-20-12/h5-7,9H,1-4H3. The highest BCUT2D eigenvalue weighted by molar-refractivity contribution is 7.09. The Kier molecular flexibility index (Phi) is 3.30. The van der Waals surface area contributed by atoms with E-state index in [1.165, 1.54) is 0 Å². The van der Waals surface area contributed by atoms with E-state index in [4.69, 9.17) is 11.6 Å². The minimum absolute atomic E-state index is 0.0889. The van der Waals surface area contributed by atoms with Crippen molar-refractivity contribution in [2.75, 3.05) is 0 Å². The van der Waals surface area contributed by atoms with Gasteiger partial charge in [-0.25, -0.2) is 9.97 Å². The van der Waals surface area contributed by atoms with E-state index < -0.39 is 0 Å². The van der Waals surface area contributed by atoms with E-state index in [9.17, 15) is 0 Å². The zero-order valence-corrected chi connectivity index (χ0v) is 13.4. The molecule has 106 valence electrons. The lowest BCUT2D eigenvalue weighted by Crippen LogP contribution is -2.13. The van der Waals surface area contributed by atoms with Gasteiger partial charge in [0.25, 0.3) is 0 Å². The molecule has 3 heterocycles. The van der Waals surface area contributed by atoms with Crippen LogP contribution in [0.25, 0.3) is 11.2 Å². The number of rotatable bonds is 3. The second-order valence-electron chi connectivity index (χ2n) is 4.88. The van der Waals surface area contributed by atoms with Crippen molar-refractivity contribution in [2.24, 2.45) is 7.05 Å². The number of alkyl halides is 1. The molecule has 0 fully saturated rings. The number of nitrogens with zero attached hydrogens (tertiary/aromatic N) is 5. The first-order chi connectivity index (χ1) is 9.50. The van der Waals surface area contributed by atoms with Crippen LogP contribution < -0.4 is 0 Å². The van der Waals surface area contributed by atoms with Crippen LogP contribution in [-0.4, -0.2) is 24.3 Å². The van der Waals surface area contributed by atoms with Gasteiger partial charge in [0.15, 0.2) is 5.65 Å². The Hall–Kier alpha value is -1.40. The van der Waals surface area contributed by atoms with Crippen LogP contribution in [-0.2, 0) is 7.05 Å². The van der Waals surface area contributed by atoms with Crippen molar-refractivity contribution in [3.8, 4) is 0 Å². The maximum atomic E-state index is 6.32. The summed E-state index contributed by atoms with van der Waals surface area (Å²) in [4.78, 5) is 9.10.